The molecule has 10 N–H and O–H groups in total. The summed E-state index contributed by atoms with van der Waals surface area (Å²) in [7, 11) is -1.00. The highest BCUT2D eigenvalue weighted by Crippen LogP contribution is 2.45. The van der Waals surface area contributed by atoms with Crippen molar-refractivity contribution in [2.75, 3.05) is 29.3 Å². The molecule has 6 fully saturated rings. The van der Waals surface area contributed by atoms with E-state index in [0.29, 0.717) is 70.9 Å². The van der Waals surface area contributed by atoms with Crippen molar-refractivity contribution >= 4 is 58.0 Å². The first kappa shape index (κ1) is 51.0. The number of H-pyrrole nitrogens is 2. The number of alkyl halides is 1. The van der Waals surface area contributed by atoms with Crippen LogP contribution in [-0.2, 0) is 0 Å². The number of carboxylic acids is 1. The second kappa shape index (κ2) is 21.9. The third-order valence-electron chi connectivity index (χ3n) is 15.6. The lowest BCUT2D eigenvalue weighted by Crippen LogP contribution is -2.46. The summed E-state index contributed by atoms with van der Waals surface area (Å²) in [4.78, 5) is 76.9. The van der Waals surface area contributed by atoms with E-state index in [2.05, 4.69) is 66.5 Å². The van der Waals surface area contributed by atoms with Gasteiger partial charge < -0.3 is 37.4 Å². The standard InChI is InChI=1S/C26H28N10O2.C23H27N7O.C3H3N3O2.CH3F/c1-13(37)21-22(15-8-17-5-6-18(9-15)35(17)26(38)24-29-12-30-34-24)33-25-19(11-31-36(25)23(21)27)14-2-7-20(28-10-14)32-16-3-4-16;1-12(31)20-21(14-8-16-5-6-17(9-14)27-16)29-23-18(11-26-30(23)22(20)24)13-2-7-19(25-10-13)28-15-3-4-15;7-3(8)2-4-1-5-6-2;1-2/h2,7,10-12,15-18H,3-6,8-9,27H2,1H3,(H,28,32)(H,29,30,34);2,7,10-11,14-17,27H,3-6,8-9,24H2,1H3,(H,25,28);1H,(H,7,8)(H,4,5,6);1H3/t15?,17-,18+;14?,16-,17+;;/i;;;1D. The smallest absolute Gasteiger partial charge is 0.373 e. The number of ketones is 2. The molecule has 0 spiro atoms. The number of aromatic nitrogens is 14. The van der Waals surface area contributed by atoms with Crippen molar-refractivity contribution in [2.45, 2.75) is 139 Å². The molecular formula is C53H61FN20O5. The Morgan fingerprint density at radius 3 is 1.48 bits per heavy atom. The lowest BCUT2D eigenvalue weighted by Gasteiger charge is -2.38. The lowest BCUT2D eigenvalue weighted by molar-refractivity contribution is 0.0555. The Bertz CT molecular complexity index is 3520. The fourth-order valence-corrected chi connectivity index (χ4v) is 11.7. The van der Waals surface area contributed by atoms with Crippen LogP contribution in [0.4, 0.5) is 27.7 Å². The number of piperidine rings is 2. The molecule has 2 unspecified atom stereocenters. The van der Waals surface area contributed by atoms with E-state index in [9.17, 15) is 23.6 Å². The molecule has 0 aromatic carbocycles. The molecule has 2 aliphatic carbocycles. The van der Waals surface area contributed by atoms with Crippen LogP contribution in [-0.4, -0.2) is 146 Å². The second-order valence-electron chi connectivity index (χ2n) is 21.0. The average Bonchev–Trinajstić information content (AvgIpc) is 4.02. The number of rotatable bonds is 12. The summed E-state index contributed by atoms with van der Waals surface area (Å²) in [6.07, 6.45) is 22.0. The third kappa shape index (κ3) is 10.7. The van der Waals surface area contributed by atoms with E-state index in [1.807, 2.05) is 41.6 Å². The number of nitrogens with zero attached hydrogens (tertiary/aromatic N) is 13. The Morgan fingerprint density at radius 1 is 0.646 bits per heavy atom. The van der Waals surface area contributed by atoms with Crippen molar-refractivity contribution < 1.29 is 30.0 Å². The van der Waals surface area contributed by atoms with Crippen molar-refractivity contribution in [1.82, 2.24) is 79.7 Å². The summed E-state index contributed by atoms with van der Waals surface area (Å²) in [6.45, 7) is 3.08. The van der Waals surface area contributed by atoms with Gasteiger partial charge in [0, 0.05) is 82.7 Å². The summed E-state index contributed by atoms with van der Waals surface area (Å²) >= 11 is 0. The van der Waals surface area contributed by atoms with Crippen LogP contribution in [0.2, 0.25) is 0 Å². The van der Waals surface area contributed by atoms with E-state index in [0.717, 1.165) is 71.6 Å². The van der Waals surface area contributed by atoms with Gasteiger partial charge >= 0.3 is 5.97 Å². The molecule has 79 heavy (non-hydrogen) atoms. The van der Waals surface area contributed by atoms with E-state index >= 15 is 0 Å². The number of carbonyl (C=O) groups is 4. The van der Waals surface area contributed by atoms with Gasteiger partial charge in [-0.15, -0.1) is 0 Å². The van der Waals surface area contributed by atoms with Crippen molar-refractivity contribution in [3.63, 3.8) is 0 Å². The van der Waals surface area contributed by atoms with E-state index in [-0.39, 0.29) is 58.9 Å². The number of amides is 1. The van der Waals surface area contributed by atoms with Gasteiger partial charge in [-0.1, -0.05) is 0 Å². The lowest BCUT2D eigenvalue weighted by atomic mass is 9.85. The largest absolute Gasteiger partial charge is 0.475 e. The number of aromatic amines is 2. The minimum absolute atomic E-state index is 0.0107. The van der Waals surface area contributed by atoms with Gasteiger partial charge in [0.25, 0.3) is 5.91 Å². The molecule has 4 saturated heterocycles. The molecule has 2 saturated carbocycles. The number of hydrogen-bond donors (Lipinski definition) is 8. The minimum Gasteiger partial charge on any atom is -0.475 e. The maximum absolute atomic E-state index is 13.1. The van der Waals surface area contributed by atoms with Gasteiger partial charge in [0.1, 0.15) is 35.9 Å². The Morgan fingerprint density at radius 2 is 1.10 bits per heavy atom. The zero-order valence-corrected chi connectivity index (χ0v) is 43.5. The number of nitrogens with two attached hydrogens (primary N) is 2. The number of carbonyl (C=O) groups excluding carboxylic acids is 3. The quantitative estimate of drug-likeness (QED) is 0.0645. The molecule has 14 rings (SSSR count). The van der Waals surface area contributed by atoms with Crippen LogP contribution in [0.25, 0.3) is 33.5 Å². The van der Waals surface area contributed by atoms with Crippen LogP contribution < -0.4 is 27.4 Å². The highest BCUT2D eigenvalue weighted by Gasteiger charge is 2.46. The Hall–Kier alpha value is -8.81. The number of halogens is 1. The number of anilines is 4. The molecule has 8 aromatic rings. The summed E-state index contributed by atoms with van der Waals surface area (Å²) in [6, 6.07) is 10.2. The maximum atomic E-state index is 13.1. The molecule has 4 bridgehead atoms. The first-order valence-corrected chi connectivity index (χ1v) is 26.5. The molecule has 0 radical (unpaired) electrons. The van der Waals surface area contributed by atoms with Gasteiger partial charge in [-0.25, -0.2) is 34.7 Å². The normalized spacial score (nSPS) is 21.9. The van der Waals surface area contributed by atoms with Gasteiger partial charge in [0.05, 0.1) is 43.4 Å². The van der Waals surface area contributed by atoms with Crippen molar-refractivity contribution in [3.8, 4) is 22.3 Å². The fraction of sp³-hybridized carbons (Fsp3) is 0.434. The molecule has 6 atom stereocenters. The molecule has 12 heterocycles. The summed E-state index contributed by atoms with van der Waals surface area (Å²) in [5.74, 6) is 1.32. The maximum Gasteiger partial charge on any atom is 0.373 e. The van der Waals surface area contributed by atoms with Crippen LogP contribution in [0.15, 0.2) is 61.7 Å². The van der Waals surface area contributed by atoms with Gasteiger partial charge in [0.15, 0.2) is 22.9 Å². The first-order chi connectivity index (χ1) is 38.8. The Balaban J connectivity index is 0.000000144. The van der Waals surface area contributed by atoms with Crippen molar-refractivity contribution in [2.24, 2.45) is 0 Å². The average molecular weight is 1080 g/mol. The Labute approximate surface area is 452 Å². The molecule has 410 valence electrons. The first-order valence-electron chi connectivity index (χ1n) is 27.2. The van der Waals surface area contributed by atoms with Crippen molar-refractivity contribution in [3.05, 3.63) is 95.9 Å². The van der Waals surface area contributed by atoms with Crippen LogP contribution in [0.5, 0.6) is 0 Å². The molecule has 26 heteroatoms. The molecule has 6 aliphatic rings. The number of fused-ring (bicyclic) bond motifs is 6. The zero-order chi connectivity index (χ0) is 55.8. The molecule has 1 amide bonds. The zero-order valence-electron chi connectivity index (χ0n) is 44.5. The van der Waals surface area contributed by atoms with Crippen LogP contribution in [0.3, 0.4) is 0 Å². The van der Waals surface area contributed by atoms with Crippen LogP contribution in [0.1, 0.15) is 157 Å². The van der Waals surface area contributed by atoms with E-state index in [4.69, 9.17) is 27.9 Å². The van der Waals surface area contributed by atoms with Crippen LogP contribution in [0, 0.1) is 0 Å². The predicted octanol–water partition coefficient (Wildman–Crippen LogP) is 6.06. The number of carboxylic acid groups (broad SMARTS) is 1. The summed E-state index contributed by atoms with van der Waals surface area (Å²) in [5, 5.41) is 39.6. The molecular weight excluding hydrogens is 1020 g/mol. The van der Waals surface area contributed by atoms with Crippen LogP contribution >= 0.6 is 0 Å². The van der Waals surface area contributed by atoms with E-state index < -0.39 is 13.1 Å². The van der Waals surface area contributed by atoms with E-state index in [1.54, 1.807) is 28.3 Å². The number of aromatic carboxylic acids is 1. The Kier molecular flexibility index (Phi) is 14.1. The molecule has 8 aromatic heterocycles. The van der Waals surface area contributed by atoms with Gasteiger partial charge in [-0.05, 0) is 115 Å². The number of pyridine rings is 2. The highest BCUT2D eigenvalue weighted by molar-refractivity contribution is 6.01. The van der Waals surface area contributed by atoms with Gasteiger partial charge in [-0.3, -0.25) is 29.0 Å². The highest BCUT2D eigenvalue weighted by atomic mass is 19.1. The number of nitrogens with one attached hydrogen (secondary N) is 5. The number of nitrogen functional groups attached to an aromatic ring is 2. The second-order valence-corrected chi connectivity index (χ2v) is 21.0. The van der Waals surface area contributed by atoms with Gasteiger partial charge in [-0.2, -0.15) is 29.4 Å². The predicted molar refractivity (Wildman–Crippen MR) is 288 cm³/mol. The van der Waals surface area contributed by atoms with E-state index in [1.165, 1.54) is 51.8 Å². The summed E-state index contributed by atoms with van der Waals surface area (Å²) in [5.41, 5.74) is 20.3. The van der Waals surface area contributed by atoms with Crippen molar-refractivity contribution in [1.29, 1.82) is 0 Å². The van der Waals surface area contributed by atoms with Gasteiger partial charge in [0.2, 0.25) is 11.6 Å². The SMILES string of the molecule is CC(=O)c1c(C2C[C@H]3CC[C@@H](C2)N3)nc2c(-c3ccc(NC4CC4)nc3)cnn2c1N.CC(=O)c1c(C2C[C@H]3CC[C@@H](C2)N3C(=O)c2ncn[nH]2)nc2c(-c3ccc(NC4CC4)nc3)cnn2c1N.O=C(O)c1ncn[nH]1.[2H]CF. The summed E-state index contributed by atoms with van der Waals surface area (Å²) < 4.78 is 18.6. The topological polar surface area (TPSA) is 349 Å². The fourth-order valence-electron chi connectivity index (χ4n) is 11.7. The monoisotopic (exact) mass is 1080 g/mol. The minimum atomic E-state index is -1.09. The molecule has 4 aliphatic heterocycles. The molecule has 25 nitrogen and oxygen atoms in total. The third-order valence-corrected chi connectivity index (χ3v) is 15.6. The number of hydrogen-bond acceptors (Lipinski definition) is 19. The number of Topliss-reactive ketones (excluding diaryl/α,β-unsaturated/α-hetero) is 2.